The molecule has 4 nitrogen and oxygen atoms in total. The van der Waals surface area contributed by atoms with E-state index in [0.29, 0.717) is 28.6 Å². The van der Waals surface area contributed by atoms with Crippen LogP contribution in [0.25, 0.3) is 0 Å². The minimum atomic E-state index is -0.687. The average molecular weight is 358 g/mol. The molecule has 126 valence electrons. The van der Waals surface area contributed by atoms with E-state index in [9.17, 15) is 9.59 Å². The fourth-order valence-corrected chi connectivity index (χ4v) is 3.82. The summed E-state index contributed by atoms with van der Waals surface area (Å²) in [7, 11) is 1.38. The molecule has 2 rings (SSSR count). The number of rotatable bonds is 3. The Bertz CT molecular complexity index is 645. The van der Waals surface area contributed by atoms with Crippen LogP contribution in [-0.2, 0) is 14.3 Å². The molecule has 0 unspecified atom stereocenters. The fraction of sp³-hybridized carbons (Fsp3) is 0.529. The van der Waals surface area contributed by atoms with Gasteiger partial charge in [0.05, 0.1) is 23.2 Å². The van der Waals surface area contributed by atoms with Crippen LogP contribution < -0.4 is 5.32 Å². The highest BCUT2D eigenvalue weighted by Crippen LogP contribution is 2.56. The second-order valence-corrected chi connectivity index (χ2v) is 7.59. The largest absolute Gasteiger partial charge is 0.469 e. The van der Waals surface area contributed by atoms with Gasteiger partial charge in [-0.25, -0.2) is 0 Å². The van der Waals surface area contributed by atoms with Crippen LogP contribution >= 0.6 is 23.2 Å². The van der Waals surface area contributed by atoms with Crippen molar-refractivity contribution in [1.29, 1.82) is 0 Å². The van der Waals surface area contributed by atoms with Gasteiger partial charge in [0, 0.05) is 10.9 Å². The quantitative estimate of drug-likeness (QED) is 0.807. The maximum Gasteiger partial charge on any atom is 0.312 e. The van der Waals surface area contributed by atoms with Gasteiger partial charge in [0.25, 0.3) is 0 Å². The van der Waals surface area contributed by atoms with E-state index in [-0.39, 0.29) is 17.8 Å². The van der Waals surface area contributed by atoms with Crippen molar-refractivity contribution < 1.29 is 14.3 Å². The molecule has 1 aromatic rings. The number of hydrogen-bond acceptors (Lipinski definition) is 3. The number of hydrogen-bond donors (Lipinski definition) is 1. The smallest absolute Gasteiger partial charge is 0.312 e. The van der Waals surface area contributed by atoms with Crippen LogP contribution in [0.15, 0.2) is 18.2 Å². The SMILES string of the molecule is COC(=O)[C@@]1(C)CC[C@H](C(=O)Nc2ccc(Cl)cc2Cl)C1(C)C. The van der Waals surface area contributed by atoms with Gasteiger partial charge in [-0.15, -0.1) is 0 Å². The van der Waals surface area contributed by atoms with Crippen molar-refractivity contribution in [3.05, 3.63) is 28.2 Å². The van der Waals surface area contributed by atoms with E-state index in [1.54, 1.807) is 18.2 Å². The normalized spacial score (nSPS) is 25.9. The fourth-order valence-electron chi connectivity index (χ4n) is 3.36. The van der Waals surface area contributed by atoms with Crippen molar-refractivity contribution in [1.82, 2.24) is 0 Å². The molecule has 1 aliphatic rings. The van der Waals surface area contributed by atoms with Crippen molar-refractivity contribution in [2.45, 2.75) is 33.6 Å². The summed E-state index contributed by atoms with van der Waals surface area (Å²) >= 11 is 12.0. The minimum absolute atomic E-state index is 0.146. The average Bonchev–Trinajstić information content (AvgIpc) is 2.72. The summed E-state index contributed by atoms with van der Waals surface area (Å²) < 4.78 is 4.94. The first-order valence-electron chi connectivity index (χ1n) is 7.48. The summed E-state index contributed by atoms with van der Waals surface area (Å²) in [6, 6.07) is 4.92. The molecule has 0 saturated heterocycles. The van der Waals surface area contributed by atoms with E-state index < -0.39 is 10.8 Å². The lowest BCUT2D eigenvalue weighted by molar-refractivity contribution is -0.158. The lowest BCUT2D eigenvalue weighted by atomic mass is 9.65. The van der Waals surface area contributed by atoms with Crippen LogP contribution in [-0.4, -0.2) is 19.0 Å². The number of ether oxygens (including phenoxy) is 1. The van der Waals surface area contributed by atoms with E-state index in [2.05, 4.69) is 5.32 Å². The van der Waals surface area contributed by atoms with E-state index >= 15 is 0 Å². The summed E-state index contributed by atoms with van der Waals surface area (Å²) in [6.07, 6.45) is 1.23. The van der Waals surface area contributed by atoms with Crippen LogP contribution in [0.5, 0.6) is 0 Å². The van der Waals surface area contributed by atoms with E-state index in [4.69, 9.17) is 27.9 Å². The third kappa shape index (κ3) is 3.07. The molecule has 1 amide bonds. The first-order valence-corrected chi connectivity index (χ1v) is 8.23. The predicted molar refractivity (Wildman–Crippen MR) is 91.7 cm³/mol. The Morgan fingerprint density at radius 3 is 2.48 bits per heavy atom. The molecule has 1 N–H and O–H groups in total. The Labute approximate surface area is 146 Å². The van der Waals surface area contributed by atoms with Crippen molar-refractivity contribution in [2.75, 3.05) is 12.4 Å². The highest BCUT2D eigenvalue weighted by molar-refractivity contribution is 6.36. The molecular formula is C17H21Cl2NO3. The van der Waals surface area contributed by atoms with Gasteiger partial charge < -0.3 is 10.1 Å². The summed E-state index contributed by atoms with van der Waals surface area (Å²) in [4.78, 5) is 24.9. The number of esters is 1. The Balaban J connectivity index is 2.22. The first-order chi connectivity index (χ1) is 10.6. The molecule has 1 saturated carbocycles. The van der Waals surface area contributed by atoms with Gasteiger partial charge in [0.15, 0.2) is 0 Å². The molecule has 2 atom stereocenters. The minimum Gasteiger partial charge on any atom is -0.469 e. The zero-order valence-electron chi connectivity index (χ0n) is 13.7. The summed E-state index contributed by atoms with van der Waals surface area (Å²) in [5, 5.41) is 3.74. The third-order valence-electron chi connectivity index (χ3n) is 5.37. The molecular weight excluding hydrogens is 337 g/mol. The molecule has 0 heterocycles. The Kier molecular flexibility index (Phi) is 4.97. The van der Waals surface area contributed by atoms with Gasteiger partial charge in [0.2, 0.25) is 5.91 Å². The zero-order chi connectivity index (χ0) is 17.4. The number of nitrogens with one attached hydrogen (secondary N) is 1. The molecule has 0 aromatic heterocycles. The summed E-state index contributed by atoms with van der Waals surface area (Å²) in [6.45, 7) is 5.73. The van der Waals surface area contributed by atoms with Crippen molar-refractivity contribution in [3.8, 4) is 0 Å². The highest BCUT2D eigenvalue weighted by atomic mass is 35.5. The van der Waals surface area contributed by atoms with E-state index in [0.717, 1.165) is 0 Å². The number of methoxy groups -OCH3 is 1. The number of carbonyl (C=O) groups excluding carboxylic acids is 2. The maximum atomic E-state index is 12.7. The summed E-state index contributed by atoms with van der Waals surface area (Å²) in [5.74, 6) is -0.729. The molecule has 1 aliphatic carbocycles. The van der Waals surface area contributed by atoms with Gasteiger partial charge >= 0.3 is 5.97 Å². The monoisotopic (exact) mass is 357 g/mol. The predicted octanol–water partition coefficient (Wildman–Crippen LogP) is 4.55. The van der Waals surface area contributed by atoms with Gasteiger partial charge in [-0.2, -0.15) is 0 Å². The number of halogens is 2. The number of amides is 1. The third-order valence-corrected chi connectivity index (χ3v) is 5.92. The Morgan fingerprint density at radius 1 is 1.26 bits per heavy atom. The Hall–Kier alpha value is -1.26. The van der Waals surface area contributed by atoms with Gasteiger partial charge in [-0.3, -0.25) is 9.59 Å². The molecule has 23 heavy (non-hydrogen) atoms. The van der Waals surface area contributed by atoms with Crippen LogP contribution in [0, 0.1) is 16.7 Å². The van der Waals surface area contributed by atoms with Gasteiger partial charge in [-0.1, -0.05) is 37.0 Å². The zero-order valence-corrected chi connectivity index (χ0v) is 15.2. The second kappa shape index (κ2) is 6.33. The molecule has 1 fully saturated rings. The van der Waals surface area contributed by atoms with Crippen molar-refractivity contribution >= 4 is 40.8 Å². The van der Waals surface area contributed by atoms with Crippen molar-refractivity contribution in [2.24, 2.45) is 16.7 Å². The molecule has 0 radical (unpaired) electrons. The first kappa shape index (κ1) is 18.1. The van der Waals surface area contributed by atoms with Gasteiger partial charge in [0.1, 0.15) is 0 Å². The molecule has 0 bridgehead atoms. The topological polar surface area (TPSA) is 55.4 Å². The number of anilines is 1. The standard InChI is InChI=1S/C17H21Cl2NO3/c1-16(2)11(7-8-17(16,3)15(22)23-4)14(21)20-13-6-5-10(18)9-12(13)19/h5-6,9,11H,7-8H2,1-4H3,(H,20,21)/t11-,17-/m1/s1. The lowest BCUT2D eigenvalue weighted by Crippen LogP contribution is -2.44. The van der Waals surface area contributed by atoms with E-state index in [1.165, 1.54) is 7.11 Å². The van der Waals surface area contributed by atoms with E-state index in [1.807, 2.05) is 20.8 Å². The lowest BCUT2D eigenvalue weighted by Gasteiger charge is -2.38. The molecule has 6 heteroatoms. The number of carbonyl (C=O) groups is 2. The second-order valence-electron chi connectivity index (χ2n) is 6.75. The van der Waals surface area contributed by atoms with Crippen LogP contribution in [0.2, 0.25) is 10.0 Å². The molecule has 0 spiro atoms. The van der Waals surface area contributed by atoms with Crippen LogP contribution in [0.1, 0.15) is 33.6 Å². The van der Waals surface area contributed by atoms with Gasteiger partial charge in [-0.05, 0) is 43.4 Å². The van der Waals surface area contributed by atoms with Crippen LogP contribution in [0.3, 0.4) is 0 Å². The highest BCUT2D eigenvalue weighted by Gasteiger charge is 2.58. The van der Waals surface area contributed by atoms with Crippen molar-refractivity contribution in [3.63, 3.8) is 0 Å². The maximum absolute atomic E-state index is 12.7. The number of benzene rings is 1. The van der Waals surface area contributed by atoms with Crippen LogP contribution in [0.4, 0.5) is 5.69 Å². The molecule has 1 aromatic carbocycles. The summed E-state index contributed by atoms with van der Waals surface area (Å²) in [5.41, 5.74) is -0.695. The molecule has 0 aliphatic heterocycles. The Morgan fingerprint density at radius 2 is 1.91 bits per heavy atom.